The normalized spacial score (nSPS) is 10.7. The van der Waals surface area contributed by atoms with Crippen LogP contribution in [0.1, 0.15) is 11.3 Å². The van der Waals surface area contributed by atoms with Crippen molar-refractivity contribution in [1.82, 2.24) is 5.16 Å². The maximum absolute atomic E-state index is 11.6. The quantitative estimate of drug-likeness (QED) is 0.639. The zero-order valence-corrected chi connectivity index (χ0v) is 9.88. The lowest BCUT2D eigenvalue weighted by Crippen LogP contribution is -2.07. The maximum atomic E-state index is 11.6. The summed E-state index contributed by atoms with van der Waals surface area (Å²) in [6.07, 6.45) is 3.12. The third kappa shape index (κ3) is 3.21. The zero-order valence-electron chi connectivity index (χ0n) is 9.88. The van der Waals surface area contributed by atoms with Crippen molar-refractivity contribution in [3.63, 3.8) is 0 Å². The number of rotatable bonds is 3. The standard InChI is InChI=1S/C13H13N3O2/c1-9-8-12(16-18-9)15-13(17)7-4-10-2-5-11(14)6-3-10/h2-8H,14H2,1H3,(H,15,16,17)/b7-4+. The number of hydrogen-bond acceptors (Lipinski definition) is 4. The Morgan fingerprint density at radius 1 is 1.39 bits per heavy atom. The fourth-order valence-electron chi connectivity index (χ4n) is 1.37. The molecule has 2 aromatic rings. The average Bonchev–Trinajstić information content (AvgIpc) is 2.74. The van der Waals surface area contributed by atoms with E-state index in [0.29, 0.717) is 17.3 Å². The number of nitrogen functional groups attached to an aromatic ring is 1. The Kier molecular flexibility index (Phi) is 3.43. The van der Waals surface area contributed by atoms with E-state index in [-0.39, 0.29) is 5.91 Å². The Hall–Kier alpha value is -2.56. The Morgan fingerprint density at radius 2 is 2.11 bits per heavy atom. The monoisotopic (exact) mass is 243 g/mol. The van der Waals surface area contributed by atoms with Crippen molar-refractivity contribution in [3.8, 4) is 0 Å². The molecule has 5 heteroatoms. The predicted molar refractivity (Wildman–Crippen MR) is 69.8 cm³/mol. The number of carbonyl (C=O) groups is 1. The molecule has 0 saturated heterocycles. The van der Waals surface area contributed by atoms with Gasteiger partial charge in [-0.05, 0) is 30.7 Å². The fourth-order valence-corrected chi connectivity index (χ4v) is 1.37. The molecule has 2 rings (SSSR count). The highest BCUT2D eigenvalue weighted by Gasteiger charge is 2.02. The van der Waals surface area contributed by atoms with Crippen LogP contribution >= 0.6 is 0 Å². The first-order chi connectivity index (χ1) is 8.63. The summed E-state index contributed by atoms with van der Waals surface area (Å²) in [5, 5.41) is 6.25. The van der Waals surface area contributed by atoms with E-state index in [9.17, 15) is 4.79 Å². The van der Waals surface area contributed by atoms with Gasteiger partial charge in [0.2, 0.25) is 5.91 Å². The summed E-state index contributed by atoms with van der Waals surface area (Å²) in [5.41, 5.74) is 7.15. The van der Waals surface area contributed by atoms with Crippen LogP contribution in [-0.4, -0.2) is 11.1 Å². The predicted octanol–water partition coefficient (Wildman–Crippen LogP) is 2.22. The SMILES string of the molecule is Cc1cc(NC(=O)/C=C/c2ccc(N)cc2)no1. The van der Waals surface area contributed by atoms with Gasteiger partial charge >= 0.3 is 0 Å². The lowest BCUT2D eigenvalue weighted by Gasteiger charge is -1.96. The van der Waals surface area contributed by atoms with Gasteiger partial charge in [-0.15, -0.1) is 0 Å². The van der Waals surface area contributed by atoms with Gasteiger partial charge in [-0.3, -0.25) is 4.79 Å². The Bertz CT molecular complexity index is 570. The highest BCUT2D eigenvalue weighted by Crippen LogP contribution is 2.09. The fraction of sp³-hybridized carbons (Fsp3) is 0.0769. The highest BCUT2D eigenvalue weighted by atomic mass is 16.5. The number of nitrogens with zero attached hydrogens (tertiary/aromatic N) is 1. The highest BCUT2D eigenvalue weighted by molar-refractivity contribution is 6.01. The number of nitrogens with one attached hydrogen (secondary N) is 1. The van der Waals surface area contributed by atoms with Crippen LogP contribution < -0.4 is 11.1 Å². The molecular formula is C13H13N3O2. The van der Waals surface area contributed by atoms with Crippen LogP contribution in [0.4, 0.5) is 11.5 Å². The second-order valence-corrected chi connectivity index (χ2v) is 3.81. The number of carbonyl (C=O) groups excluding carboxylic acids is 1. The van der Waals surface area contributed by atoms with Crippen LogP contribution in [0, 0.1) is 6.92 Å². The van der Waals surface area contributed by atoms with E-state index in [4.69, 9.17) is 10.3 Å². The molecule has 0 saturated carbocycles. The molecule has 0 fully saturated rings. The number of benzene rings is 1. The van der Waals surface area contributed by atoms with Crippen molar-refractivity contribution in [3.05, 3.63) is 47.7 Å². The molecule has 0 aliphatic rings. The third-order valence-corrected chi connectivity index (χ3v) is 2.24. The molecule has 1 heterocycles. The summed E-state index contributed by atoms with van der Waals surface area (Å²) < 4.78 is 4.84. The summed E-state index contributed by atoms with van der Waals surface area (Å²) in [5.74, 6) is 0.785. The van der Waals surface area contributed by atoms with Crippen molar-refractivity contribution in [2.75, 3.05) is 11.1 Å². The first-order valence-corrected chi connectivity index (χ1v) is 5.41. The molecule has 18 heavy (non-hydrogen) atoms. The van der Waals surface area contributed by atoms with Crippen molar-refractivity contribution in [2.45, 2.75) is 6.92 Å². The number of aryl methyl sites for hydroxylation is 1. The first-order valence-electron chi connectivity index (χ1n) is 5.41. The molecule has 0 aliphatic heterocycles. The summed E-state index contributed by atoms with van der Waals surface area (Å²) in [4.78, 5) is 11.6. The van der Waals surface area contributed by atoms with E-state index in [1.54, 1.807) is 31.2 Å². The minimum Gasteiger partial charge on any atom is -0.399 e. The lowest BCUT2D eigenvalue weighted by molar-refractivity contribution is -0.111. The molecule has 1 aromatic carbocycles. The molecule has 0 spiro atoms. The van der Waals surface area contributed by atoms with Crippen LogP contribution in [0.3, 0.4) is 0 Å². The van der Waals surface area contributed by atoms with Gasteiger partial charge in [0.05, 0.1) is 0 Å². The maximum Gasteiger partial charge on any atom is 0.249 e. The molecule has 5 nitrogen and oxygen atoms in total. The van der Waals surface area contributed by atoms with Crippen LogP contribution in [0.2, 0.25) is 0 Å². The molecule has 0 radical (unpaired) electrons. The second-order valence-electron chi connectivity index (χ2n) is 3.81. The minimum absolute atomic E-state index is 0.264. The molecule has 0 bridgehead atoms. The summed E-state index contributed by atoms with van der Waals surface area (Å²) in [6.45, 7) is 1.76. The lowest BCUT2D eigenvalue weighted by atomic mass is 10.2. The van der Waals surface area contributed by atoms with Gasteiger partial charge in [0, 0.05) is 17.8 Å². The second kappa shape index (κ2) is 5.18. The summed E-state index contributed by atoms with van der Waals surface area (Å²) in [7, 11) is 0. The molecule has 1 amide bonds. The van der Waals surface area contributed by atoms with Gasteiger partial charge < -0.3 is 15.6 Å². The third-order valence-electron chi connectivity index (χ3n) is 2.24. The van der Waals surface area contributed by atoms with Gasteiger partial charge in [-0.25, -0.2) is 0 Å². The molecule has 0 atom stereocenters. The van der Waals surface area contributed by atoms with E-state index in [0.717, 1.165) is 5.56 Å². The van der Waals surface area contributed by atoms with Gasteiger partial charge in [0.1, 0.15) is 5.76 Å². The van der Waals surface area contributed by atoms with Crippen molar-refractivity contribution >= 4 is 23.5 Å². The van der Waals surface area contributed by atoms with E-state index in [1.165, 1.54) is 6.08 Å². The molecule has 1 aromatic heterocycles. The van der Waals surface area contributed by atoms with E-state index in [2.05, 4.69) is 10.5 Å². The van der Waals surface area contributed by atoms with Gasteiger partial charge in [0.25, 0.3) is 0 Å². The van der Waals surface area contributed by atoms with Gasteiger partial charge in [-0.2, -0.15) is 0 Å². The summed E-state index contributed by atoms with van der Waals surface area (Å²) >= 11 is 0. The molecule has 0 unspecified atom stereocenters. The molecule has 92 valence electrons. The van der Waals surface area contributed by atoms with Crippen LogP contribution in [-0.2, 0) is 4.79 Å². The smallest absolute Gasteiger partial charge is 0.249 e. The minimum atomic E-state index is -0.264. The van der Waals surface area contributed by atoms with Crippen LogP contribution in [0.25, 0.3) is 6.08 Å². The number of hydrogen-bond donors (Lipinski definition) is 2. The van der Waals surface area contributed by atoms with Crippen LogP contribution in [0.15, 0.2) is 40.9 Å². The van der Waals surface area contributed by atoms with Crippen LogP contribution in [0.5, 0.6) is 0 Å². The Morgan fingerprint density at radius 3 is 2.72 bits per heavy atom. The van der Waals surface area contributed by atoms with Gasteiger partial charge in [-0.1, -0.05) is 17.3 Å². The van der Waals surface area contributed by atoms with Crippen molar-refractivity contribution < 1.29 is 9.32 Å². The van der Waals surface area contributed by atoms with Crippen molar-refractivity contribution in [2.24, 2.45) is 0 Å². The van der Waals surface area contributed by atoms with Crippen molar-refractivity contribution in [1.29, 1.82) is 0 Å². The number of amides is 1. The number of nitrogens with two attached hydrogens (primary N) is 1. The number of anilines is 2. The van der Waals surface area contributed by atoms with E-state index >= 15 is 0 Å². The summed E-state index contributed by atoms with van der Waals surface area (Å²) in [6, 6.07) is 8.87. The Balaban J connectivity index is 1.96. The first kappa shape index (κ1) is 11.9. The topological polar surface area (TPSA) is 81.2 Å². The van der Waals surface area contributed by atoms with E-state index in [1.807, 2.05) is 12.1 Å². The number of aromatic nitrogens is 1. The molecular weight excluding hydrogens is 230 g/mol. The van der Waals surface area contributed by atoms with E-state index < -0.39 is 0 Å². The molecule has 3 N–H and O–H groups in total. The zero-order chi connectivity index (χ0) is 13.0. The largest absolute Gasteiger partial charge is 0.399 e. The van der Waals surface area contributed by atoms with Gasteiger partial charge in [0.15, 0.2) is 5.82 Å². The molecule has 0 aliphatic carbocycles. The average molecular weight is 243 g/mol. The Labute approximate surface area is 104 Å².